The summed E-state index contributed by atoms with van der Waals surface area (Å²) in [4.78, 5) is 11.4. The number of nitrogens with zero attached hydrogens (tertiary/aromatic N) is 2. The van der Waals surface area contributed by atoms with Crippen molar-refractivity contribution in [2.75, 3.05) is 0 Å². The number of rotatable bonds is 3. The molecule has 6 heteroatoms. The first kappa shape index (κ1) is 11.4. The molecule has 0 aliphatic carbocycles. The molecule has 0 spiro atoms. The van der Waals surface area contributed by atoms with Crippen molar-refractivity contribution in [2.24, 2.45) is 5.84 Å². The average Bonchev–Trinajstić information content (AvgIpc) is 2.85. The number of nitrogens with two attached hydrogens (primary N) is 1. The fourth-order valence-corrected chi connectivity index (χ4v) is 1.63. The Morgan fingerprint density at radius 2 is 2.35 bits per heavy atom. The van der Waals surface area contributed by atoms with Crippen LogP contribution in [0.1, 0.15) is 27.4 Å². The van der Waals surface area contributed by atoms with E-state index >= 15 is 0 Å². The van der Waals surface area contributed by atoms with Gasteiger partial charge in [0.25, 0.3) is 0 Å². The Labute approximate surface area is 98.4 Å². The summed E-state index contributed by atoms with van der Waals surface area (Å²) in [5.74, 6) is 5.55. The molecule has 0 saturated heterocycles. The fraction of sp³-hybridized carbons (Fsp3) is 0.273. The summed E-state index contributed by atoms with van der Waals surface area (Å²) in [5.41, 5.74) is 3.88. The molecule has 17 heavy (non-hydrogen) atoms. The average molecular weight is 234 g/mol. The van der Waals surface area contributed by atoms with Crippen molar-refractivity contribution in [3.8, 4) is 0 Å². The molecule has 0 aliphatic rings. The van der Waals surface area contributed by atoms with E-state index in [2.05, 4.69) is 5.10 Å². The van der Waals surface area contributed by atoms with Gasteiger partial charge in [0, 0.05) is 11.8 Å². The number of hydrogen-bond acceptors (Lipinski definition) is 4. The summed E-state index contributed by atoms with van der Waals surface area (Å²) < 4.78 is 7.18. The number of aryl methyl sites for hydroxylation is 2. The van der Waals surface area contributed by atoms with Crippen LogP contribution in [0.25, 0.3) is 0 Å². The Morgan fingerprint density at radius 1 is 1.59 bits per heavy atom. The van der Waals surface area contributed by atoms with Gasteiger partial charge in [-0.05, 0) is 25.5 Å². The number of hydrazine groups is 1. The third kappa shape index (κ3) is 2.36. The molecule has 2 heterocycles. The lowest BCUT2D eigenvalue weighted by Crippen LogP contribution is -2.30. The first-order chi connectivity index (χ1) is 8.10. The second-order valence-electron chi connectivity index (χ2n) is 3.91. The molecule has 90 valence electrons. The number of amides is 1. The van der Waals surface area contributed by atoms with Gasteiger partial charge in [-0.1, -0.05) is 0 Å². The Hall–Kier alpha value is -2.08. The van der Waals surface area contributed by atoms with Crippen LogP contribution in [0.5, 0.6) is 0 Å². The molecule has 0 saturated carbocycles. The topological polar surface area (TPSA) is 86.1 Å². The summed E-state index contributed by atoms with van der Waals surface area (Å²) in [6.45, 7) is 4.25. The molecule has 1 amide bonds. The van der Waals surface area contributed by atoms with Crippen molar-refractivity contribution in [1.29, 1.82) is 0 Å². The molecule has 0 unspecified atom stereocenters. The van der Waals surface area contributed by atoms with Crippen LogP contribution in [-0.4, -0.2) is 15.7 Å². The minimum atomic E-state index is -0.426. The van der Waals surface area contributed by atoms with E-state index in [0.717, 1.165) is 11.1 Å². The van der Waals surface area contributed by atoms with E-state index in [-0.39, 0.29) is 5.76 Å². The molecule has 0 aliphatic heterocycles. The van der Waals surface area contributed by atoms with Crippen LogP contribution in [0.2, 0.25) is 0 Å². The number of carbonyl (C=O) groups is 1. The van der Waals surface area contributed by atoms with Gasteiger partial charge < -0.3 is 4.42 Å². The molecule has 6 nitrogen and oxygen atoms in total. The monoisotopic (exact) mass is 234 g/mol. The van der Waals surface area contributed by atoms with E-state index in [1.807, 2.05) is 24.6 Å². The second-order valence-corrected chi connectivity index (χ2v) is 3.91. The number of aromatic nitrogens is 2. The van der Waals surface area contributed by atoms with Gasteiger partial charge in [-0.3, -0.25) is 14.9 Å². The highest BCUT2D eigenvalue weighted by Crippen LogP contribution is 2.15. The lowest BCUT2D eigenvalue weighted by molar-refractivity contribution is 0.0923. The molecule has 0 bridgehead atoms. The van der Waals surface area contributed by atoms with Crippen LogP contribution in [-0.2, 0) is 6.54 Å². The van der Waals surface area contributed by atoms with E-state index in [9.17, 15) is 4.79 Å². The molecule has 2 aromatic rings. The number of nitrogen functional groups attached to an aromatic ring is 1. The van der Waals surface area contributed by atoms with Crippen LogP contribution in [0.15, 0.2) is 22.9 Å². The largest absolute Gasteiger partial charge is 0.454 e. The summed E-state index contributed by atoms with van der Waals surface area (Å²) in [6, 6.07) is 1.81. The van der Waals surface area contributed by atoms with Gasteiger partial charge >= 0.3 is 5.91 Å². The quantitative estimate of drug-likeness (QED) is 0.466. The van der Waals surface area contributed by atoms with Gasteiger partial charge in [-0.15, -0.1) is 0 Å². The third-order valence-corrected chi connectivity index (χ3v) is 2.39. The lowest BCUT2D eigenvalue weighted by atomic mass is 10.2. The molecular weight excluding hydrogens is 220 g/mol. The smallest absolute Gasteiger partial charge is 0.301 e. The zero-order chi connectivity index (χ0) is 12.4. The van der Waals surface area contributed by atoms with Gasteiger partial charge in [0.1, 0.15) is 5.76 Å². The van der Waals surface area contributed by atoms with Crippen molar-refractivity contribution in [2.45, 2.75) is 20.4 Å². The highest BCUT2D eigenvalue weighted by molar-refractivity contribution is 5.92. The molecule has 0 radical (unpaired) electrons. The maximum absolute atomic E-state index is 11.4. The van der Waals surface area contributed by atoms with Crippen molar-refractivity contribution in [1.82, 2.24) is 15.2 Å². The van der Waals surface area contributed by atoms with Crippen LogP contribution in [0.4, 0.5) is 0 Å². The van der Waals surface area contributed by atoms with E-state index in [1.165, 1.54) is 0 Å². The predicted octanol–water partition coefficient (Wildman–Crippen LogP) is 0.745. The first-order valence-electron chi connectivity index (χ1n) is 5.19. The summed E-state index contributed by atoms with van der Waals surface area (Å²) in [6.07, 6.45) is 3.67. The van der Waals surface area contributed by atoms with Crippen molar-refractivity contribution >= 4 is 5.91 Å². The van der Waals surface area contributed by atoms with Gasteiger partial charge in [0.05, 0.1) is 12.7 Å². The fourth-order valence-electron chi connectivity index (χ4n) is 1.63. The van der Waals surface area contributed by atoms with E-state index in [4.69, 9.17) is 10.3 Å². The minimum Gasteiger partial charge on any atom is -0.454 e. The molecule has 0 atom stereocenters. The Bertz CT molecular complexity index is 541. The number of furan rings is 1. The van der Waals surface area contributed by atoms with Gasteiger partial charge in [0.2, 0.25) is 0 Å². The second kappa shape index (κ2) is 4.42. The summed E-state index contributed by atoms with van der Waals surface area (Å²) in [7, 11) is 0. The van der Waals surface area contributed by atoms with E-state index < -0.39 is 5.91 Å². The van der Waals surface area contributed by atoms with E-state index in [1.54, 1.807) is 17.8 Å². The molecular formula is C11H14N4O2. The SMILES string of the molecule is Cc1cnn(Cc2cc(C)c(C(=O)NN)o2)c1. The van der Waals surface area contributed by atoms with Crippen molar-refractivity contribution in [3.05, 3.63) is 41.1 Å². The third-order valence-electron chi connectivity index (χ3n) is 2.39. The van der Waals surface area contributed by atoms with Crippen molar-refractivity contribution in [3.63, 3.8) is 0 Å². The molecule has 2 aromatic heterocycles. The van der Waals surface area contributed by atoms with E-state index in [0.29, 0.717) is 12.3 Å². The number of carbonyl (C=O) groups excluding carboxylic acids is 1. The summed E-state index contributed by atoms with van der Waals surface area (Å²) in [5, 5.41) is 4.15. The number of hydrogen-bond donors (Lipinski definition) is 2. The van der Waals surface area contributed by atoms with Crippen molar-refractivity contribution < 1.29 is 9.21 Å². The van der Waals surface area contributed by atoms with Crippen LogP contribution in [0, 0.1) is 13.8 Å². The minimum absolute atomic E-state index is 0.242. The van der Waals surface area contributed by atoms with Gasteiger partial charge in [0.15, 0.2) is 5.76 Å². The van der Waals surface area contributed by atoms with Gasteiger partial charge in [-0.25, -0.2) is 5.84 Å². The number of nitrogens with one attached hydrogen (secondary N) is 1. The van der Waals surface area contributed by atoms with Gasteiger partial charge in [-0.2, -0.15) is 5.10 Å². The van der Waals surface area contributed by atoms with Crippen LogP contribution < -0.4 is 11.3 Å². The normalized spacial score (nSPS) is 10.5. The molecule has 2 rings (SSSR count). The maximum Gasteiger partial charge on any atom is 0.301 e. The lowest BCUT2D eigenvalue weighted by Gasteiger charge is -1.97. The van der Waals surface area contributed by atoms with Crippen LogP contribution >= 0.6 is 0 Å². The molecule has 0 aromatic carbocycles. The first-order valence-corrected chi connectivity index (χ1v) is 5.19. The van der Waals surface area contributed by atoms with Crippen LogP contribution in [0.3, 0.4) is 0 Å². The molecule has 3 N–H and O–H groups in total. The zero-order valence-corrected chi connectivity index (χ0v) is 9.73. The predicted molar refractivity (Wildman–Crippen MR) is 61.2 cm³/mol. The Balaban J connectivity index is 2.20. The summed E-state index contributed by atoms with van der Waals surface area (Å²) >= 11 is 0. The Kier molecular flexibility index (Phi) is 2.97. The molecule has 0 fully saturated rings. The highest BCUT2D eigenvalue weighted by atomic mass is 16.4. The Morgan fingerprint density at radius 3 is 2.94 bits per heavy atom. The highest BCUT2D eigenvalue weighted by Gasteiger charge is 2.14. The zero-order valence-electron chi connectivity index (χ0n) is 9.73. The standard InChI is InChI=1S/C11H14N4O2/c1-7-4-13-15(5-7)6-9-3-8(2)10(17-9)11(16)14-12/h3-5H,6,12H2,1-2H3,(H,14,16). The maximum atomic E-state index is 11.4.